The maximum absolute atomic E-state index is 11.5. The van der Waals surface area contributed by atoms with Crippen LogP contribution in [0.2, 0.25) is 0 Å². The normalized spacial score (nSPS) is 11.7. The summed E-state index contributed by atoms with van der Waals surface area (Å²) in [7, 11) is 0. The lowest BCUT2D eigenvalue weighted by molar-refractivity contribution is -0.149. The minimum atomic E-state index is -0.475. The molecule has 1 atom stereocenters. The number of nitrogen functional groups attached to an aromatic ring is 1. The minimum absolute atomic E-state index is 0.211. The molecule has 20 heavy (non-hydrogen) atoms. The summed E-state index contributed by atoms with van der Waals surface area (Å²) in [6, 6.07) is 7.00. The largest absolute Gasteiger partial charge is 0.490 e. The fourth-order valence-corrected chi connectivity index (χ4v) is 1.37. The van der Waals surface area contributed by atoms with E-state index in [9.17, 15) is 4.79 Å². The van der Waals surface area contributed by atoms with Crippen LogP contribution in [-0.2, 0) is 14.3 Å². The molecule has 0 saturated carbocycles. The van der Waals surface area contributed by atoms with E-state index in [2.05, 4.69) is 6.58 Å². The van der Waals surface area contributed by atoms with Gasteiger partial charge in [-0.2, -0.15) is 0 Å². The van der Waals surface area contributed by atoms with Crippen molar-refractivity contribution in [2.24, 2.45) is 0 Å². The van der Waals surface area contributed by atoms with Crippen molar-refractivity contribution in [2.75, 3.05) is 25.6 Å². The first-order valence-electron chi connectivity index (χ1n) is 6.45. The molecule has 0 radical (unpaired) electrons. The molecule has 1 aromatic rings. The lowest BCUT2D eigenvalue weighted by Gasteiger charge is -2.18. The Hall–Kier alpha value is -2.01. The summed E-state index contributed by atoms with van der Waals surface area (Å²) >= 11 is 0. The Kier molecular flexibility index (Phi) is 6.59. The van der Waals surface area contributed by atoms with Crippen LogP contribution in [0.5, 0.6) is 5.75 Å². The van der Waals surface area contributed by atoms with Crippen molar-refractivity contribution in [1.82, 2.24) is 0 Å². The zero-order valence-electron chi connectivity index (χ0n) is 11.9. The highest BCUT2D eigenvalue weighted by Crippen LogP contribution is 2.14. The summed E-state index contributed by atoms with van der Waals surface area (Å²) < 4.78 is 16.1. The van der Waals surface area contributed by atoms with E-state index in [-0.39, 0.29) is 13.2 Å². The number of carbonyl (C=O) groups excluding carboxylic acids is 1. The maximum atomic E-state index is 11.5. The number of rotatable bonds is 8. The Morgan fingerprint density at radius 3 is 2.50 bits per heavy atom. The van der Waals surface area contributed by atoms with Gasteiger partial charge in [0.25, 0.3) is 0 Å². The highest BCUT2D eigenvalue weighted by atomic mass is 16.6. The standard InChI is InChI=1S/C15H21NO4/c1-4-18-9-14(20-15(17)11(2)3)10-19-13-7-5-12(16)6-8-13/h5-8,14H,2,4,9-10,16H2,1,3H3. The molecule has 0 aliphatic carbocycles. The van der Waals surface area contributed by atoms with Gasteiger partial charge in [-0.25, -0.2) is 4.79 Å². The topological polar surface area (TPSA) is 70.8 Å². The van der Waals surface area contributed by atoms with E-state index in [0.717, 1.165) is 0 Å². The molecule has 5 heteroatoms. The van der Waals surface area contributed by atoms with Crippen LogP contribution in [-0.4, -0.2) is 31.9 Å². The molecule has 1 aromatic carbocycles. The smallest absolute Gasteiger partial charge is 0.333 e. The SMILES string of the molecule is C=C(C)C(=O)OC(COCC)COc1ccc(N)cc1. The van der Waals surface area contributed by atoms with Crippen LogP contribution in [0.25, 0.3) is 0 Å². The van der Waals surface area contributed by atoms with E-state index in [1.165, 1.54) is 0 Å². The van der Waals surface area contributed by atoms with Gasteiger partial charge in [0.1, 0.15) is 12.4 Å². The summed E-state index contributed by atoms with van der Waals surface area (Å²) in [6.45, 7) is 8.06. The third kappa shape index (κ3) is 5.75. The van der Waals surface area contributed by atoms with Gasteiger partial charge in [-0.1, -0.05) is 6.58 Å². The number of hydrogen-bond donors (Lipinski definition) is 1. The zero-order valence-corrected chi connectivity index (χ0v) is 11.9. The second-order valence-electron chi connectivity index (χ2n) is 4.35. The van der Waals surface area contributed by atoms with Crippen LogP contribution in [0.4, 0.5) is 5.69 Å². The highest BCUT2D eigenvalue weighted by Gasteiger charge is 2.16. The molecule has 2 N–H and O–H groups in total. The summed E-state index contributed by atoms with van der Waals surface area (Å²) in [6.07, 6.45) is -0.475. The van der Waals surface area contributed by atoms with Crippen molar-refractivity contribution in [2.45, 2.75) is 20.0 Å². The molecule has 0 aliphatic heterocycles. The van der Waals surface area contributed by atoms with Crippen molar-refractivity contribution in [3.05, 3.63) is 36.4 Å². The summed E-state index contributed by atoms with van der Waals surface area (Å²) in [5.74, 6) is 0.211. The Morgan fingerprint density at radius 1 is 1.30 bits per heavy atom. The minimum Gasteiger partial charge on any atom is -0.490 e. The predicted octanol–water partition coefficient (Wildman–Crippen LogP) is 2.17. The van der Waals surface area contributed by atoms with Gasteiger partial charge in [0.15, 0.2) is 6.10 Å². The van der Waals surface area contributed by atoms with Gasteiger partial charge < -0.3 is 19.9 Å². The Balaban J connectivity index is 2.53. The average Bonchev–Trinajstić information content (AvgIpc) is 2.43. The van der Waals surface area contributed by atoms with Gasteiger partial charge >= 0.3 is 5.97 Å². The molecule has 0 spiro atoms. The van der Waals surface area contributed by atoms with E-state index in [1.54, 1.807) is 31.2 Å². The van der Waals surface area contributed by atoms with Crippen molar-refractivity contribution >= 4 is 11.7 Å². The first-order chi connectivity index (χ1) is 9.52. The van der Waals surface area contributed by atoms with E-state index in [4.69, 9.17) is 19.9 Å². The number of anilines is 1. The maximum Gasteiger partial charge on any atom is 0.333 e. The molecule has 110 valence electrons. The van der Waals surface area contributed by atoms with Crippen molar-refractivity contribution in [3.63, 3.8) is 0 Å². The fourth-order valence-electron chi connectivity index (χ4n) is 1.37. The highest BCUT2D eigenvalue weighted by molar-refractivity contribution is 5.87. The van der Waals surface area contributed by atoms with E-state index in [0.29, 0.717) is 23.6 Å². The fraction of sp³-hybridized carbons (Fsp3) is 0.400. The third-order valence-corrected chi connectivity index (χ3v) is 2.45. The van der Waals surface area contributed by atoms with Crippen LogP contribution in [0, 0.1) is 0 Å². The van der Waals surface area contributed by atoms with Crippen molar-refractivity contribution < 1.29 is 19.0 Å². The van der Waals surface area contributed by atoms with Gasteiger partial charge in [-0.3, -0.25) is 0 Å². The molecule has 0 aliphatic rings. The zero-order chi connectivity index (χ0) is 15.0. The van der Waals surface area contributed by atoms with Crippen LogP contribution in [0.15, 0.2) is 36.4 Å². The molecule has 1 unspecified atom stereocenters. The van der Waals surface area contributed by atoms with E-state index < -0.39 is 12.1 Å². The molecule has 0 saturated heterocycles. The van der Waals surface area contributed by atoms with E-state index >= 15 is 0 Å². The first kappa shape index (κ1) is 16.0. The van der Waals surface area contributed by atoms with Crippen LogP contribution in [0.1, 0.15) is 13.8 Å². The van der Waals surface area contributed by atoms with Crippen molar-refractivity contribution in [3.8, 4) is 5.75 Å². The van der Waals surface area contributed by atoms with Gasteiger partial charge in [0.2, 0.25) is 0 Å². The monoisotopic (exact) mass is 279 g/mol. The number of carbonyl (C=O) groups is 1. The molecule has 0 fully saturated rings. The van der Waals surface area contributed by atoms with Crippen LogP contribution < -0.4 is 10.5 Å². The van der Waals surface area contributed by atoms with Gasteiger partial charge in [-0.15, -0.1) is 0 Å². The molecule has 0 heterocycles. The van der Waals surface area contributed by atoms with Gasteiger partial charge in [0.05, 0.1) is 6.61 Å². The Bertz CT molecular complexity index is 442. The lowest BCUT2D eigenvalue weighted by atomic mass is 10.3. The van der Waals surface area contributed by atoms with Gasteiger partial charge in [-0.05, 0) is 38.1 Å². The first-order valence-corrected chi connectivity index (χ1v) is 6.45. The second-order valence-corrected chi connectivity index (χ2v) is 4.35. The average molecular weight is 279 g/mol. The van der Waals surface area contributed by atoms with Crippen LogP contribution in [0.3, 0.4) is 0 Å². The third-order valence-electron chi connectivity index (χ3n) is 2.45. The number of nitrogens with two attached hydrogens (primary N) is 1. The summed E-state index contributed by atoms with van der Waals surface area (Å²) in [5.41, 5.74) is 6.60. The molecule has 1 rings (SSSR count). The molecule has 5 nitrogen and oxygen atoms in total. The lowest BCUT2D eigenvalue weighted by Crippen LogP contribution is -2.30. The molecular weight excluding hydrogens is 258 g/mol. The Labute approximate surface area is 119 Å². The van der Waals surface area contributed by atoms with E-state index in [1.807, 2.05) is 6.92 Å². The number of ether oxygens (including phenoxy) is 3. The second kappa shape index (κ2) is 8.22. The van der Waals surface area contributed by atoms with Gasteiger partial charge in [0, 0.05) is 17.9 Å². The Morgan fingerprint density at radius 2 is 1.95 bits per heavy atom. The quantitative estimate of drug-likeness (QED) is 0.448. The van der Waals surface area contributed by atoms with Crippen LogP contribution >= 0.6 is 0 Å². The summed E-state index contributed by atoms with van der Waals surface area (Å²) in [5, 5.41) is 0. The number of benzene rings is 1. The molecule has 0 amide bonds. The molecular formula is C15H21NO4. The number of hydrogen-bond acceptors (Lipinski definition) is 5. The predicted molar refractivity (Wildman–Crippen MR) is 77.5 cm³/mol. The number of esters is 1. The molecule has 0 aromatic heterocycles. The molecule has 0 bridgehead atoms. The van der Waals surface area contributed by atoms with Crippen molar-refractivity contribution in [1.29, 1.82) is 0 Å². The summed E-state index contributed by atoms with van der Waals surface area (Å²) in [4.78, 5) is 11.5.